The molecule has 0 heterocycles. The van der Waals surface area contributed by atoms with Crippen molar-refractivity contribution >= 4 is 29.3 Å². The van der Waals surface area contributed by atoms with Gasteiger partial charge in [0, 0.05) is 5.75 Å². The van der Waals surface area contributed by atoms with Crippen molar-refractivity contribution in [2.24, 2.45) is 0 Å². The minimum absolute atomic E-state index is 0.133. The predicted molar refractivity (Wildman–Crippen MR) is 103 cm³/mol. The molecule has 0 saturated heterocycles. The van der Waals surface area contributed by atoms with E-state index in [1.54, 1.807) is 43.0 Å². The lowest BCUT2D eigenvalue weighted by atomic mass is 10.1. The SMILES string of the molecule is CCOC(=O)c1ccccc1NC(=O)CSCc1cc(C)cc(C)c1. The molecule has 2 aromatic rings. The second kappa shape index (κ2) is 9.28. The van der Waals surface area contributed by atoms with Crippen LogP contribution in [0.1, 0.15) is 34.0 Å². The van der Waals surface area contributed by atoms with Gasteiger partial charge in [0.05, 0.1) is 23.6 Å². The van der Waals surface area contributed by atoms with Crippen molar-refractivity contribution < 1.29 is 14.3 Å². The molecule has 1 N–H and O–H groups in total. The Morgan fingerprint density at radius 2 is 1.76 bits per heavy atom. The lowest BCUT2D eigenvalue weighted by molar-refractivity contribution is -0.113. The van der Waals surface area contributed by atoms with Crippen molar-refractivity contribution in [3.05, 3.63) is 64.7 Å². The van der Waals surface area contributed by atoms with Gasteiger partial charge in [-0.15, -0.1) is 11.8 Å². The fourth-order valence-corrected chi connectivity index (χ4v) is 3.34. The lowest BCUT2D eigenvalue weighted by Crippen LogP contribution is -2.17. The summed E-state index contributed by atoms with van der Waals surface area (Å²) in [5.74, 6) is 0.534. The number of hydrogen-bond donors (Lipinski definition) is 1. The number of carbonyl (C=O) groups is 2. The zero-order valence-electron chi connectivity index (χ0n) is 14.8. The number of carbonyl (C=O) groups excluding carboxylic acids is 2. The Hall–Kier alpha value is -2.27. The van der Waals surface area contributed by atoms with Gasteiger partial charge < -0.3 is 10.1 Å². The van der Waals surface area contributed by atoms with E-state index in [1.165, 1.54) is 16.7 Å². The standard InChI is InChI=1S/C20H23NO3S/c1-4-24-20(23)17-7-5-6-8-18(17)21-19(22)13-25-12-16-10-14(2)9-15(3)11-16/h5-11H,4,12-13H2,1-3H3,(H,21,22). The molecule has 0 radical (unpaired) electrons. The number of esters is 1. The van der Waals surface area contributed by atoms with E-state index in [2.05, 4.69) is 37.4 Å². The third kappa shape index (κ3) is 5.94. The summed E-state index contributed by atoms with van der Waals surface area (Å²) in [5.41, 5.74) is 4.52. The normalized spacial score (nSPS) is 10.4. The molecule has 2 aromatic carbocycles. The fourth-order valence-electron chi connectivity index (χ4n) is 2.58. The summed E-state index contributed by atoms with van der Waals surface area (Å²) < 4.78 is 5.02. The van der Waals surface area contributed by atoms with Gasteiger partial charge in [-0.3, -0.25) is 4.79 Å². The fraction of sp³-hybridized carbons (Fsp3) is 0.300. The number of benzene rings is 2. The van der Waals surface area contributed by atoms with Crippen molar-refractivity contribution in [1.29, 1.82) is 0 Å². The van der Waals surface area contributed by atoms with E-state index < -0.39 is 5.97 Å². The highest BCUT2D eigenvalue weighted by molar-refractivity contribution is 7.99. The zero-order valence-corrected chi connectivity index (χ0v) is 15.6. The number of nitrogens with one attached hydrogen (secondary N) is 1. The van der Waals surface area contributed by atoms with Gasteiger partial charge in [0.15, 0.2) is 0 Å². The molecular formula is C20H23NO3S. The maximum absolute atomic E-state index is 12.2. The smallest absolute Gasteiger partial charge is 0.340 e. The van der Waals surface area contributed by atoms with Crippen LogP contribution in [0, 0.1) is 13.8 Å². The molecule has 25 heavy (non-hydrogen) atoms. The van der Waals surface area contributed by atoms with E-state index in [4.69, 9.17) is 4.74 Å². The van der Waals surface area contributed by atoms with E-state index in [0.29, 0.717) is 23.6 Å². The van der Waals surface area contributed by atoms with Crippen LogP contribution in [-0.2, 0) is 15.3 Å². The van der Waals surface area contributed by atoms with Crippen LogP contribution in [-0.4, -0.2) is 24.2 Å². The van der Waals surface area contributed by atoms with E-state index in [1.807, 2.05) is 0 Å². The van der Waals surface area contributed by atoms with Gasteiger partial charge >= 0.3 is 5.97 Å². The maximum Gasteiger partial charge on any atom is 0.340 e. The Morgan fingerprint density at radius 1 is 1.08 bits per heavy atom. The minimum Gasteiger partial charge on any atom is -0.462 e. The lowest BCUT2D eigenvalue weighted by Gasteiger charge is -2.10. The van der Waals surface area contributed by atoms with Gasteiger partial charge in [0.25, 0.3) is 0 Å². The number of hydrogen-bond acceptors (Lipinski definition) is 4. The summed E-state index contributed by atoms with van der Waals surface area (Å²) in [6.07, 6.45) is 0. The Balaban J connectivity index is 1.91. The molecule has 0 aromatic heterocycles. The Bertz CT molecular complexity index is 738. The van der Waals surface area contributed by atoms with Crippen molar-refractivity contribution in [2.75, 3.05) is 17.7 Å². The molecule has 2 rings (SSSR count). The van der Waals surface area contributed by atoms with Crippen LogP contribution >= 0.6 is 11.8 Å². The molecule has 0 aliphatic heterocycles. The summed E-state index contributed by atoms with van der Waals surface area (Å²) in [7, 11) is 0. The molecule has 0 bridgehead atoms. The topological polar surface area (TPSA) is 55.4 Å². The van der Waals surface area contributed by atoms with Gasteiger partial charge in [-0.2, -0.15) is 0 Å². The van der Waals surface area contributed by atoms with Gasteiger partial charge in [0.1, 0.15) is 0 Å². The molecule has 0 saturated carbocycles. The number of rotatable bonds is 7. The minimum atomic E-state index is -0.429. The molecule has 0 unspecified atom stereocenters. The highest BCUT2D eigenvalue weighted by Crippen LogP contribution is 2.19. The van der Waals surface area contributed by atoms with Gasteiger partial charge in [0.2, 0.25) is 5.91 Å². The number of thioether (sulfide) groups is 1. The van der Waals surface area contributed by atoms with Crippen LogP contribution in [0.4, 0.5) is 5.69 Å². The highest BCUT2D eigenvalue weighted by atomic mass is 32.2. The second-order valence-corrected chi connectivity index (χ2v) is 6.79. The van der Waals surface area contributed by atoms with Gasteiger partial charge in [-0.25, -0.2) is 4.79 Å². The van der Waals surface area contributed by atoms with E-state index in [9.17, 15) is 9.59 Å². The average molecular weight is 357 g/mol. The summed E-state index contributed by atoms with van der Waals surface area (Å²) >= 11 is 1.55. The molecule has 1 amide bonds. The summed E-state index contributed by atoms with van der Waals surface area (Å²) in [6.45, 7) is 6.19. The molecular weight excluding hydrogens is 334 g/mol. The maximum atomic E-state index is 12.2. The number of amides is 1. The zero-order chi connectivity index (χ0) is 18.2. The molecule has 5 heteroatoms. The van der Waals surface area contributed by atoms with Gasteiger partial charge in [-0.1, -0.05) is 41.5 Å². The van der Waals surface area contributed by atoms with E-state index in [-0.39, 0.29) is 5.91 Å². The van der Waals surface area contributed by atoms with E-state index in [0.717, 1.165) is 5.75 Å². The Kier molecular flexibility index (Phi) is 7.07. The predicted octanol–water partition coefficient (Wildman–Crippen LogP) is 4.35. The monoisotopic (exact) mass is 357 g/mol. The Morgan fingerprint density at radius 3 is 2.44 bits per heavy atom. The van der Waals surface area contributed by atoms with Crippen LogP contribution in [0.25, 0.3) is 0 Å². The van der Waals surface area contributed by atoms with E-state index >= 15 is 0 Å². The van der Waals surface area contributed by atoms with Gasteiger partial charge in [-0.05, 0) is 38.5 Å². The number of anilines is 1. The Labute approximate surface area is 153 Å². The van der Waals surface area contributed by atoms with Crippen molar-refractivity contribution in [3.8, 4) is 0 Å². The largest absolute Gasteiger partial charge is 0.462 e. The summed E-state index contributed by atoms with van der Waals surface area (Å²) in [4.78, 5) is 24.1. The van der Waals surface area contributed by atoms with Crippen LogP contribution < -0.4 is 5.32 Å². The first-order valence-electron chi connectivity index (χ1n) is 8.20. The van der Waals surface area contributed by atoms with Crippen LogP contribution in [0.15, 0.2) is 42.5 Å². The first-order chi connectivity index (χ1) is 12.0. The van der Waals surface area contributed by atoms with Crippen LogP contribution in [0.3, 0.4) is 0 Å². The molecule has 132 valence electrons. The molecule has 0 spiro atoms. The first-order valence-corrected chi connectivity index (χ1v) is 9.36. The number of aryl methyl sites for hydroxylation is 2. The number of para-hydroxylation sites is 1. The van der Waals surface area contributed by atoms with Crippen LogP contribution in [0.5, 0.6) is 0 Å². The number of ether oxygens (including phenoxy) is 1. The molecule has 0 fully saturated rings. The third-order valence-corrected chi connectivity index (χ3v) is 4.48. The van der Waals surface area contributed by atoms with Crippen molar-refractivity contribution in [1.82, 2.24) is 0 Å². The first kappa shape index (κ1) is 19.1. The van der Waals surface area contributed by atoms with Crippen molar-refractivity contribution in [2.45, 2.75) is 26.5 Å². The molecule has 0 atom stereocenters. The third-order valence-electron chi connectivity index (χ3n) is 3.48. The van der Waals surface area contributed by atoms with Crippen LogP contribution in [0.2, 0.25) is 0 Å². The average Bonchev–Trinajstić information content (AvgIpc) is 2.54. The summed E-state index contributed by atoms with van der Waals surface area (Å²) in [6, 6.07) is 13.3. The molecule has 4 nitrogen and oxygen atoms in total. The second-order valence-electron chi connectivity index (χ2n) is 5.80. The quantitative estimate of drug-likeness (QED) is 0.749. The highest BCUT2D eigenvalue weighted by Gasteiger charge is 2.13. The molecule has 0 aliphatic carbocycles. The molecule has 0 aliphatic rings. The van der Waals surface area contributed by atoms with Crippen molar-refractivity contribution in [3.63, 3.8) is 0 Å². The summed E-state index contributed by atoms with van der Waals surface area (Å²) in [5, 5.41) is 2.80.